The second-order valence-electron chi connectivity index (χ2n) is 8.86. The van der Waals surface area contributed by atoms with E-state index in [2.05, 4.69) is 15.0 Å². The number of sulfonamides is 1. The first-order chi connectivity index (χ1) is 20.1. The second kappa shape index (κ2) is 11.7. The Morgan fingerprint density at radius 2 is 1.86 bits per heavy atom. The van der Waals surface area contributed by atoms with Crippen LogP contribution in [0.3, 0.4) is 0 Å². The summed E-state index contributed by atoms with van der Waals surface area (Å²) in [6.45, 7) is 0. The Hall–Kier alpha value is -4.56. The minimum Gasteiger partial charge on any atom is -0.494 e. The largest absolute Gasteiger partial charge is 0.494 e. The molecule has 216 valence electrons. The first-order valence-corrected chi connectivity index (χ1v) is 14.6. The van der Waals surface area contributed by atoms with Crippen molar-refractivity contribution in [3.8, 4) is 27.6 Å². The van der Waals surface area contributed by atoms with Crippen molar-refractivity contribution < 1.29 is 30.7 Å². The molecule has 3 heterocycles. The Morgan fingerprint density at radius 3 is 2.62 bits per heavy atom. The molecule has 5 rings (SSSR count). The van der Waals surface area contributed by atoms with E-state index in [1.807, 2.05) is 10.8 Å². The number of aromatic nitrogens is 2. The second-order valence-corrected chi connectivity index (χ2v) is 11.5. The number of nitrogens with two attached hydrogens (primary N) is 1. The lowest BCUT2D eigenvalue weighted by Gasteiger charge is -2.14. The predicted octanol–water partition coefficient (Wildman–Crippen LogP) is 6.18. The van der Waals surface area contributed by atoms with Gasteiger partial charge in [-0.2, -0.15) is 0 Å². The van der Waals surface area contributed by atoms with E-state index in [0.717, 1.165) is 42.8 Å². The molecule has 0 saturated carbocycles. The number of nitrogens with one attached hydrogen (secondary N) is 1. The van der Waals surface area contributed by atoms with Crippen molar-refractivity contribution in [3.05, 3.63) is 101 Å². The van der Waals surface area contributed by atoms with E-state index < -0.39 is 49.6 Å². The maximum atomic E-state index is 16.1. The van der Waals surface area contributed by atoms with Gasteiger partial charge in [0.25, 0.3) is 10.0 Å². The lowest BCUT2D eigenvalue weighted by molar-refractivity contribution is 0.375. The number of pyridine rings is 1. The smallest absolute Gasteiger partial charge is 0.268 e. The number of anilines is 1. The molecule has 0 spiro atoms. The molecule has 8 nitrogen and oxygen atoms in total. The molecular weight excluding hydrogens is 594 g/mol. The molecule has 0 saturated heterocycles. The van der Waals surface area contributed by atoms with Crippen molar-refractivity contribution in [3.63, 3.8) is 0 Å². The van der Waals surface area contributed by atoms with Crippen LogP contribution in [0.2, 0.25) is 0 Å². The Kier molecular flexibility index (Phi) is 8.09. The van der Waals surface area contributed by atoms with Crippen molar-refractivity contribution in [2.45, 2.75) is 17.7 Å². The fraction of sp³-hybridized carbons (Fsp3) is 0.107. The molecule has 0 unspecified atom stereocenters. The highest BCUT2D eigenvalue weighted by Gasteiger charge is 2.29. The van der Waals surface area contributed by atoms with Crippen molar-refractivity contribution in [1.29, 1.82) is 0 Å². The molecule has 0 aliphatic carbocycles. The first-order valence-electron chi connectivity index (χ1n) is 12.3. The summed E-state index contributed by atoms with van der Waals surface area (Å²) in [4.78, 5) is 11.8. The van der Waals surface area contributed by atoms with Gasteiger partial charge in [-0.25, -0.2) is 36.0 Å². The summed E-state index contributed by atoms with van der Waals surface area (Å²) in [6.07, 6.45) is 9.02. The fourth-order valence-corrected chi connectivity index (χ4v) is 6.35. The summed E-state index contributed by atoms with van der Waals surface area (Å²) < 4.78 is 92.0. The van der Waals surface area contributed by atoms with Gasteiger partial charge in [0.2, 0.25) is 0 Å². The molecule has 0 amide bonds. The summed E-state index contributed by atoms with van der Waals surface area (Å²) >= 11 is 1.07. The highest BCUT2D eigenvalue weighted by Crippen LogP contribution is 2.38. The summed E-state index contributed by atoms with van der Waals surface area (Å²) in [5, 5.41) is 0.276. The molecule has 0 fully saturated rings. The zero-order valence-electron chi connectivity index (χ0n) is 21.7. The van der Waals surface area contributed by atoms with Gasteiger partial charge in [0.05, 0.1) is 35.3 Å². The average molecular weight is 616 g/mol. The molecule has 0 radical (unpaired) electrons. The molecular formula is C28H21F4N5O3S2. The van der Waals surface area contributed by atoms with Gasteiger partial charge in [-0.3, -0.25) is 9.71 Å². The lowest BCUT2D eigenvalue weighted by atomic mass is 10.1. The van der Waals surface area contributed by atoms with Crippen molar-refractivity contribution in [2.24, 2.45) is 10.7 Å². The number of hydrogen-bond donors (Lipinski definition) is 2. The number of ether oxygens (including phenoxy) is 1. The van der Waals surface area contributed by atoms with Gasteiger partial charge in [0.1, 0.15) is 22.5 Å². The number of rotatable bonds is 7. The maximum Gasteiger partial charge on any atom is 0.268 e. The number of methoxy groups -OCH3 is 1. The highest BCUT2D eigenvalue weighted by molar-refractivity contribution is 7.92. The Morgan fingerprint density at radius 1 is 1.05 bits per heavy atom. The zero-order valence-corrected chi connectivity index (χ0v) is 23.4. The summed E-state index contributed by atoms with van der Waals surface area (Å²) in [5.74, 6) is -4.85. The molecule has 2 aromatic carbocycles. The van der Waals surface area contributed by atoms with Crippen LogP contribution < -0.4 is 15.2 Å². The van der Waals surface area contributed by atoms with E-state index in [4.69, 9.17) is 10.5 Å². The summed E-state index contributed by atoms with van der Waals surface area (Å²) in [5.41, 5.74) is 5.97. The highest BCUT2D eigenvalue weighted by atomic mass is 32.2. The topological polar surface area (TPSA) is 120 Å². The number of thiazole rings is 1. The quantitative estimate of drug-likeness (QED) is 0.240. The third kappa shape index (κ3) is 5.76. The lowest BCUT2D eigenvalue weighted by Crippen LogP contribution is -2.18. The minimum atomic E-state index is -4.96. The summed E-state index contributed by atoms with van der Waals surface area (Å²) in [7, 11) is -3.88. The minimum absolute atomic E-state index is 0.0494. The third-order valence-corrected chi connectivity index (χ3v) is 8.55. The van der Waals surface area contributed by atoms with Gasteiger partial charge in [-0.05, 0) is 55.3 Å². The molecule has 1 aliphatic rings. The van der Waals surface area contributed by atoms with E-state index in [9.17, 15) is 21.6 Å². The number of hydrogen-bond acceptors (Lipinski definition) is 8. The predicted molar refractivity (Wildman–Crippen MR) is 152 cm³/mol. The Balaban J connectivity index is 1.65. The summed E-state index contributed by atoms with van der Waals surface area (Å²) in [6, 6.07) is 6.63. The number of aliphatic imine (C=N–C) groups is 1. The third-order valence-electron chi connectivity index (χ3n) is 6.02. The molecule has 42 heavy (non-hydrogen) atoms. The molecule has 3 N–H and O–H groups in total. The maximum absolute atomic E-state index is 16.1. The van der Waals surface area contributed by atoms with Crippen molar-refractivity contribution >= 4 is 32.8 Å². The number of allylic oxidation sites excluding steroid dienone is 3. The number of benzene rings is 2. The van der Waals surface area contributed by atoms with Gasteiger partial charge in [-0.1, -0.05) is 12.1 Å². The molecule has 1 aliphatic heterocycles. The van der Waals surface area contributed by atoms with Crippen LogP contribution in [0, 0.1) is 23.3 Å². The standard InChI is InChI=1S/C28H21F4N5O3S2/c1-40-21-11-10-18(30)27(24(21)32)42(38,39)37-19-8-5-6-17(23(19)31)25-26(20-7-3-2-4-9-22(33)35-20)41-28(36-25)15-12-16(29)14-34-13-15/h3,5-14,37H,2,4,33H2,1H3/b7-3-,22-9-,35-20+. The first kappa shape index (κ1) is 29.0. The van der Waals surface area contributed by atoms with Crippen LogP contribution in [0.5, 0.6) is 5.75 Å². The van der Waals surface area contributed by atoms with Crippen LogP contribution in [-0.2, 0) is 10.0 Å². The number of nitrogens with zero attached hydrogens (tertiary/aromatic N) is 3. The molecule has 14 heteroatoms. The van der Waals surface area contributed by atoms with Crippen LogP contribution in [0.25, 0.3) is 21.8 Å². The van der Waals surface area contributed by atoms with Crippen molar-refractivity contribution in [1.82, 2.24) is 9.97 Å². The van der Waals surface area contributed by atoms with Crippen LogP contribution >= 0.6 is 11.3 Å². The van der Waals surface area contributed by atoms with E-state index in [1.165, 1.54) is 24.4 Å². The fourth-order valence-electron chi connectivity index (χ4n) is 4.11. The monoisotopic (exact) mass is 615 g/mol. The Labute approximate surface area is 242 Å². The average Bonchev–Trinajstić information content (AvgIpc) is 3.37. The van der Waals surface area contributed by atoms with E-state index in [-0.39, 0.29) is 22.1 Å². The zero-order chi connectivity index (χ0) is 30.0. The molecule has 0 atom stereocenters. The van der Waals surface area contributed by atoms with Gasteiger partial charge in [0, 0.05) is 17.3 Å². The van der Waals surface area contributed by atoms with E-state index in [0.29, 0.717) is 29.0 Å². The molecule has 0 bridgehead atoms. The molecule has 4 aromatic rings. The van der Waals surface area contributed by atoms with Crippen LogP contribution in [0.15, 0.2) is 82.7 Å². The van der Waals surface area contributed by atoms with E-state index in [1.54, 1.807) is 12.2 Å². The van der Waals surface area contributed by atoms with Gasteiger partial charge in [0.15, 0.2) is 22.3 Å². The van der Waals surface area contributed by atoms with Gasteiger partial charge < -0.3 is 10.5 Å². The van der Waals surface area contributed by atoms with Crippen LogP contribution in [0.4, 0.5) is 23.2 Å². The van der Waals surface area contributed by atoms with Gasteiger partial charge in [-0.15, -0.1) is 11.3 Å². The van der Waals surface area contributed by atoms with Gasteiger partial charge >= 0.3 is 0 Å². The normalized spacial score (nSPS) is 16.9. The SMILES string of the molecule is COc1ccc(F)c(S(=O)(=O)Nc2cccc(-c3nc(-c4cncc(F)c4)sc3C3=N/C(N)=C\CC/C=C\3)c2F)c1F. The Bertz CT molecular complexity index is 1890. The van der Waals surface area contributed by atoms with Crippen molar-refractivity contribution in [2.75, 3.05) is 11.8 Å². The molecule has 2 aromatic heterocycles. The number of halogens is 4. The van der Waals surface area contributed by atoms with Crippen LogP contribution in [0.1, 0.15) is 17.7 Å². The van der Waals surface area contributed by atoms with Crippen LogP contribution in [-0.4, -0.2) is 31.2 Å². The van der Waals surface area contributed by atoms with E-state index >= 15 is 4.39 Å².